The molecule has 0 bridgehead atoms. The van der Waals surface area contributed by atoms with Crippen LogP contribution < -0.4 is 0 Å². The van der Waals surface area contributed by atoms with Gasteiger partial charge in [0.1, 0.15) is 6.04 Å². The molecule has 0 radical (unpaired) electrons. The van der Waals surface area contributed by atoms with Crippen LogP contribution in [-0.4, -0.2) is 77.6 Å². The molecule has 1 aromatic carbocycles. The lowest BCUT2D eigenvalue weighted by atomic mass is 10.0. The van der Waals surface area contributed by atoms with Crippen molar-refractivity contribution in [1.29, 1.82) is 0 Å². The van der Waals surface area contributed by atoms with Gasteiger partial charge < -0.3 is 14.3 Å². The molecular formula is C23H29N5O2S. The highest BCUT2D eigenvalue weighted by atomic mass is 32.1. The molecule has 0 saturated carbocycles. The monoisotopic (exact) mass is 439 g/mol. The van der Waals surface area contributed by atoms with Crippen molar-refractivity contribution in [2.24, 2.45) is 0 Å². The third kappa shape index (κ3) is 5.39. The first-order chi connectivity index (χ1) is 15.1. The first kappa shape index (κ1) is 21.7. The Labute approximate surface area is 187 Å². The Hall–Kier alpha value is -2.55. The van der Waals surface area contributed by atoms with E-state index in [1.807, 2.05) is 61.9 Å². The first-order valence-electron chi connectivity index (χ1n) is 10.7. The van der Waals surface area contributed by atoms with E-state index in [1.54, 1.807) is 16.2 Å². The van der Waals surface area contributed by atoms with Crippen molar-refractivity contribution in [2.75, 3.05) is 46.8 Å². The average Bonchev–Trinajstić information content (AvgIpc) is 3.48. The molecule has 0 spiro atoms. The fraction of sp³-hybridized carbons (Fsp3) is 0.435. The van der Waals surface area contributed by atoms with Gasteiger partial charge in [-0.05, 0) is 30.0 Å². The van der Waals surface area contributed by atoms with Gasteiger partial charge in [0.05, 0.1) is 4.88 Å². The fourth-order valence-electron chi connectivity index (χ4n) is 3.95. The van der Waals surface area contributed by atoms with Gasteiger partial charge in [0.25, 0.3) is 0 Å². The van der Waals surface area contributed by atoms with E-state index in [2.05, 4.69) is 19.9 Å². The molecule has 2 aromatic heterocycles. The van der Waals surface area contributed by atoms with Crippen LogP contribution in [0.15, 0.2) is 52.4 Å². The molecule has 1 saturated heterocycles. The zero-order chi connectivity index (χ0) is 21.6. The minimum absolute atomic E-state index is 0.137. The largest absolute Gasteiger partial charge is 0.347 e. The number of aryl methyl sites for hydroxylation is 1. The van der Waals surface area contributed by atoms with Crippen molar-refractivity contribution >= 4 is 17.2 Å². The van der Waals surface area contributed by atoms with Gasteiger partial charge in [-0.25, -0.2) is 0 Å². The number of hydrogen-bond donors (Lipinski definition) is 0. The summed E-state index contributed by atoms with van der Waals surface area (Å²) in [7, 11) is 3.66. The van der Waals surface area contributed by atoms with Gasteiger partial charge >= 0.3 is 0 Å². The van der Waals surface area contributed by atoms with Gasteiger partial charge in [-0.3, -0.25) is 9.69 Å². The summed E-state index contributed by atoms with van der Waals surface area (Å²) in [6.45, 7) is 4.65. The number of thiophene rings is 1. The normalized spacial score (nSPS) is 16.3. The second-order valence-electron chi connectivity index (χ2n) is 8.02. The summed E-state index contributed by atoms with van der Waals surface area (Å²) in [5.74, 6) is 1.51. The van der Waals surface area contributed by atoms with E-state index in [4.69, 9.17) is 4.52 Å². The van der Waals surface area contributed by atoms with E-state index in [-0.39, 0.29) is 11.9 Å². The standard InChI is InChI=1S/C23H29N5O2S/c1-26(2)23(29)21(18-8-4-3-5-9-18)28-15-13-27(14-16-28)12-6-11-20-24-22(25-30-20)19-10-7-17-31-19/h3-5,7-10,17,21H,6,11-16H2,1-2H3. The summed E-state index contributed by atoms with van der Waals surface area (Å²) in [5.41, 5.74) is 1.06. The third-order valence-electron chi connectivity index (χ3n) is 5.64. The highest BCUT2D eigenvalue weighted by Gasteiger charge is 2.31. The van der Waals surface area contributed by atoms with E-state index >= 15 is 0 Å². The van der Waals surface area contributed by atoms with Crippen LogP contribution in [0.5, 0.6) is 0 Å². The van der Waals surface area contributed by atoms with Gasteiger partial charge in [-0.15, -0.1) is 11.3 Å². The number of nitrogens with zero attached hydrogens (tertiary/aromatic N) is 5. The van der Waals surface area contributed by atoms with Gasteiger partial charge in [-0.2, -0.15) is 4.98 Å². The summed E-state index contributed by atoms with van der Waals surface area (Å²) in [6.07, 6.45) is 1.76. The Kier molecular flexibility index (Phi) is 7.11. The number of likely N-dealkylation sites (N-methyl/N-ethyl adjacent to an activating group) is 1. The molecule has 31 heavy (non-hydrogen) atoms. The number of piperazine rings is 1. The molecule has 1 unspecified atom stereocenters. The average molecular weight is 440 g/mol. The van der Waals surface area contributed by atoms with Gasteiger partial charge in [0, 0.05) is 46.7 Å². The van der Waals surface area contributed by atoms with Crippen LogP contribution in [0.3, 0.4) is 0 Å². The van der Waals surface area contributed by atoms with E-state index in [0.717, 1.165) is 56.0 Å². The van der Waals surface area contributed by atoms with Crippen molar-refractivity contribution < 1.29 is 9.32 Å². The SMILES string of the molecule is CN(C)C(=O)C(c1ccccc1)N1CCN(CCCc2nc(-c3cccs3)no2)CC1. The fourth-order valence-corrected chi connectivity index (χ4v) is 4.60. The van der Waals surface area contributed by atoms with Crippen LogP contribution in [0.1, 0.15) is 23.9 Å². The van der Waals surface area contributed by atoms with Crippen molar-refractivity contribution in [3.05, 3.63) is 59.3 Å². The summed E-state index contributed by atoms with van der Waals surface area (Å²) in [6, 6.07) is 13.9. The molecule has 7 nitrogen and oxygen atoms in total. The minimum Gasteiger partial charge on any atom is -0.347 e. The maximum absolute atomic E-state index is 12.9. The molecule has 3 heterocycles. The van der Waals surface area contributed by atoms with E-state index < -0.39 is 0 Å². The second kappa shape index (κ2) is 10.2. The highest BCUT2D eigenvalue weighted by Crippen LogP contribution is 2.24. The van der Waals surface area contributed by atoms with Gasteiger partial charge in [-0.1, -0.05) is 41.6 Å². The van der Waals surface area contributed by atoms with Crippen LogP contribution in [-0.2, 0) is 11.2 Å². The van der Waals surface area contributed by atoms with E-state index in [1.165, 1.54) is 0 Å². The Balaban J connectivity index is 1.27. The predicted octanol–water partition coefficient (Wildman–Crippen LogP) is 3.18. The van der Waals surface area contributed by atoms with Gasteiger partial charge in [0.2, 0.25) is 17.6 Å². The van der Waals surface area contributed by atoms with Crippen molar-refractivity contribution in [3.8, 4) is 10.7 Å². The van der Waals surface area contributed by atoms with Crippen LogP contribution in [0.25, 0.3) is 10.7 Å². The number of benzene rings is 1. The Morgan fingerprint density at radius 1 is 1.13 bits per heavy atom. The number of carbonyl (C=O) groups is 1. The zero-order valence-electron chi connectivity index (χ0n) is 18.1. The third-order valence-corrected chi connectivity index (χ3v) is 6.50. The van der Waals surface area contributed by atoms with Crippen LogP contribution in [0.4, 0.5) is 0 Å². The second-order valence-corrected chi connectivity index (χ2v) is 8.96. The summed E-state index contributed by atoms with van der Waals surface area (Å²) < 4.78 is 5.40. The minimum atomic E-state index is -0.215. The number of amides is 1. The first-order valence-corrected chi connectivity index (χ1v) is 11.6. The molecule has 1 aliphatic heterocycles. The smallest absolute Gasteiger partial charge is 0.244 e. The Morgan fingerprint density at radius 2 is 1.90 bits per heavy atom. The molecular weight excluding hydrogens is 410 g/mol. The van der Waals surface area contributed by atoms with E-state index in [0.29, 0.717) is 11.7 Å². The number of carbonyl (C=O) groups excluding carboxylic acids is 1. The molecule has 1 amide bonds. The van der Waals surface area contributed by atoms with Crippen LogP contribution >= 0.6 is 11.3 Å². The molecule has 0 N–H and O–H groups in total. The Bertz CT molecular complexity index is 950. The molecule has 1 aliphatic rings. The number of rotatable bonds is 8. The quantitative estimate of drug-likeness (QED) is 0.537. The lowest BCUT2D eigenvalue weighted by molar-refractivity contribution is -0.135. The topological polar surface area (TPSA) is 65.7 Å². The highest BCUT2D eigenvalue weighted by molar-refractivity contribution is 7.13. The van der Waals surface area contributed by atoms with E-state index in [9.17, 15) is 4.79 Å². The van der Waals surface area contributed by atoms with Crippen molar-refractivity contribution in [2.45, 2.75) is 18.9 Å². The zero-order valence-corrected chi connectivity index (χ0v) is 18.9. The number of hydrogen-bond acceptors (Lipinski definition) is 7. The van der Waals surface area contributed by atoms with Crippen molar-refractivity contribution in [1.82, 2.24) is 24.8 Å². The Morgan fingerprint density at radius 3 is 2.58 bits per heavy atom. The molecule has 1 fully saturated rings. The van der Waals surface area contributed by atoms with Crippen LogP contribution in [0.2, 0.25) is 0 Å². The summed E-state index contributed by atoms with van der Waals surface area (Å²) in [5, 5.41) is 6.09. The van der Waals surface area contributed by atoms with Crippen molar-refractivity contribution in [3.63, 3.8) is 0 Å². The van der Waals surface area contributed by atoms with Crippen LogP contribution in [0, 0.1) is 0 Å². The molecule has 3 aromatic rings. The summed E-state index contributed by atoms with van der Waals surface area (Å²) >= 11 is 1.62. The lowest BCUT2D eigenvalue weighted by Crippen LogP contribution is -2.51. The molecule has 164 valence electrons. The maximum atomic E-state index is 12.9. The molecule has 1 atom stereocenters. The molecule has 0 aliphatic carbocycles. The summed E-state index contributed by atoms with van der Waals surface area (Å²) in [4.78, 5) is 24.9. The van der Waals surface area contributed by atoms with Gasteiger partial charge in [0.15, 0.2) is 0 Å². The number of aromatic nitrogens is 2. The lowest BCUT2D eigenvalue weighted by Gasteiger charge is -2.39. The molecule has 8 heteroatoms. The predicted molar refractivity (Wildman–Crippen MR) is 122 cm³/mol. The molecule has 4 rings (SSSR count). The maximum Gasteiger partial charge on any atom is 0.244 e.